The van der Waals surface area contributed by atoms with Gasteiger partial charge in [0, 0.05) is 33.9 Å². The van der Waals surface area contributed by atoms with Gasteiger partial charge < -0.3 is 8.37 Å². The highest BCUT2D eigenvalue weighted by Crippen LogP contribution is 2.24. The molecule has 22 heavy (non-hydrogen) atoms. The molecule has 0 aliphatic rings. The Labute approximate surface area is 142 Å². The van der Waals surface area contributed by atoms with Gasteiger partial charge in [0.05, 0.1) is 12.7 Å². The Morgan fingerprint density at radius 2 is 1.32 bits per heavy atom. The van der Waals surface area contributed by atoms with Crippen LogP contribution in [0.5, 0.6) is 0 Å². The van der Waals surface area contributed by atoms with Gasteiger partial charge in [0.25, 0.3) is 0 Å². The van der Waals surface area contributed by atoms with Crippen molar-refractivity contribution in [1.82, 2.24) is 0 Å². The van der Waals surface area contributed by atoms with Crippen molar-refractivity contribution in [2.24, 2.45) is 0 Å². The molecule has 118 valence electrons. The summed E-state index contributed by atoms with van der Waals surface area (Å²) in [5.41, 5.74) is 2.52. The lowest BCUT2D eigenvalue weighted by Crippen LogP contribution is -2.13. The van der Waals surface area contributed by atoms with Crippen LogP contribution in [0.4, 0.5) is 0 Å². The van der Waals surface area contributed by atoms with Crippen LogP contribution in [0.15, 0.2) is 58.3 Å². The Kier molecular flexibility index (Phi) is 7.33. The molecule has 0 amide bonds. The summed E-state index contributed by atoms with van der Waals surface area (Å²) >= 11 is 2.83. The normalized spacial score (nSPS) is 12.3. The monoisotopic (exact) mass is 334 g/mol. The predicted octanol–water partition coefficient (Wildman–Crippen LogP) is 5.83. The van der Waals surface area contributed by atoms with Crippen LogP contribution in [0.1, 0.15) is 24.5 Å². The lowest BCUT2D eigenvalue weighted by atomic mass is 10.2. The lowest BCUT2D eigenvalue weighted by molar-refractivity contribution is 0.162. The van der Waals surface area contributed by atoms with Gasteiger partial charge in [-0.3, -0.25) is 0 Å². The molecule has 4 heteroatoms. The van der Waals surface area contributed by atoms with Gasteiger partial charge in [-0.2, -0.15) is 0 Å². The molecule has 2 nitrogen and oxygen atoms in total. The topological polar surface area (TPSA) is 18.5 Å². The second-order valence-corrected chi connectivity index (χ2v) is 6.91. The average Bonchev–Trinajstić information content (AvgIpc) is 2.54. The zero-order valence-electron chi connectivity index (χ0n) is 13.2. The smallest absolute Gasteiger partial charge is 0.0970 e. The Morgan fingerprint density at radius 3 is 1.82 bits per heavy atom. The molecule has 2 aromatic rings. The zero-order valence-corrected chi connectivity index (χ0v) is 14.9. The third kappa shape index (κ3) is 6.05. The molecule has 0 aliphatic heterocycles. The second kappa shape index (κ2) is 9.26. The van der Waals surface area contributed by atoms with Crippen molar-refractivity contribution in [1.29, 1.82) is 0 Å². The van der Waals surface area contributed by atoms with Gasteiger partial charge >= 0.3 is 0 Å². The van der Waals surface area contributed by atoms with Gasteiger partial charge in [0.15, 0.2) is 0 Å². The van der Waals surface area contributed by atoms with E-state index in [1.54, 1.807) is 0 Å². The van der Waals surface area contributed by atoms with Gasteiger partial charge in [0.1, 0.15) is 0 Å². The first-order valence-corrected chi connectivity index (χ1v) is 8.92. The van der Waals surface area contributed by atoms with E-state index in [1.165, 1.54) is 35.2 Å². The fourth-order valence-electron chi connectivity index (χ4n) is 1.70. The summed E-state index contributed by atoms with van der Waals surface area (Å²) in [5.74, 6) is 0. The standard InChI is InChI=1S/C18H22O2S2/c1-4-16(20-22-18-11-7-15(3)8-12-18)13-19-21-17-9-5-14(2)6-10-17/h5-12,16H,4,13H2,1-3H3. The van der Waals surface area contributed by atoms with E-state index in [4.69, 9.17) is 8.37 Å². The highest BCUT2D eigenvalue weighted by molar-refractivity contribution is 7.95. The minimum absolute atomic E-state index is 0.0873. The molecule has 0 radical (unpaired) electrons. The minimum atomic E-state index is 0.0873. The van der Waals surface area contributed by atoms with Crippen LogP contribution in [0, 0.1) is 13.8 Å². The number of aryl methyl sites for hydroxylation is 2. The van der Waals surface area contributed by atoms with Crippen molar-refractivity contribution < 1.29 is 8.37 Å². The lowest BCUT2D eigenvalue weighted by Gasteiger charge is -2.14. The van der Waals surface area contributed by atoms with E-state index in [2.05, 4.69) is 69.3 Å². The van der Waals surface area contributed by atoms with E-state index < -0.39 is 0 Å². The van der Waals surface area contributed by atoms with Crippen LogP contribution in [0.25, 0.3) is 0 Å². The first-order chi connectivity index (χ1) is 10.7. The largest absolute Gasteiger partial charge is 0.307 e. The van der Waals surface area contributed by atoms with Crippen LogP contribution in [-0.4, -0.2) is 12.7 Å². The Bertz CT molecular complexity index is 552. The summed E-state index contributed by atoms with van der Waals surface area (Å²) < 4.78 is 11.6. The van der Waals surface area contributed by atoms with Gasteiger partial charge in [0.2, 0.25) is 0 Å². The molecule has 0 saturated carbocycles. The molecule has 0 spiro atoms. The molecule has 2 rings (SSSR count). The van der Waals surface area contributed by atoms with Crippen molar-refractivity contribution in [3.05, 3.63) is 59.7 Å². The summed E-state index contributed by atoms with van der Waals surface area (Å²) in [4.78, 5) is 2.24. The maximum atomic E-state index is 5.85. The molecule has 0 bridgehead atoms. The molecule has 0 saturated heterocycles. The highest BCUT2D eigenvalue weighted by atomic mass is 32.2. The van der Waals surface area contributed by atoms with Gasteiger partial charge in [-0.05, 0) is 44.5 Å². The molecule has 0 fully saturated rings. The molecule has 1 atom stereocenters. The van der Waals surface area contributed by atoms with Crippen molar-refractivity contribution >= 4 is 24.1 Å². The number of hydrogen-bond donors (Lipinski definition) is 0. The first kappa shape index (κ1) is 17.4. The van der Waals surface area contributed by atoms with Crippen molar-refractivity contribution in [3.8, 4) is 0 Å². The van der Waals surface area contributed by atoms with E-state index >= 15 is 0 Å². The Morgan fingerprint density at radius 1 is 0.818 bits per heavy atom. The molecular weight excluding hydrogens is 312 g/mol. The highest BCUT2D eigenvalue weighted by Gasteiger charge is 2.09. The molecule has 2 aromatic carbocycles. The SMILES string of the molecule is CCC(COSc1ccc(C)cc1)OSc1ccc(C)cc1. The third-order valence-electron chi connectivity index (χ3n) is 3.19. The maximum absolute atomic E-state index is 5.85. The van der Waals surface area contributed by atoms with E-state index in [9.17, 15) is 0 Å². The van der Waals surface area contributed by atoms with Gasteiger partial charge in [-0.25, -0.2) is 0 Å². The van der Waals surface area contributed by atoms with Crippen molar-refractivity contribution in [2.75, 3.05) is 6.61 Å². The van der Waals surface area contributed by atoms with E-state index in [-0.39, 0.29) is 6.10 Å². The van der Waals surface area contributed by atoms with Crippen LogP contribution in [-0.2, 0) is 8.37 Å². The van der Waals surface area contributed by atoms with Gasteiger partial charge in [-0.15, -0.1) is 0 Å². The summed E-state index contributed by atoms with van der Waals surface area (Å²) in [6.45, 7) is 6.85. The van der Waals surface area contributed by atoms with Crippen molar-refractivity contribution in [3.63, 3.8) is 0 Å². The molecule has 0 N–H and O–H groups in total. The Balaban J connectivity index is 1.72. The third-order valence-corrected chi connectivity index (χ3v) is 4.74. The molecule has 1 unspecified atom stereocenters. The second-order valence-electron chi connectivity index (χ2n) is 5.20. The van der Waals surface area contributed by atoms with Gasteiger partial charge in [-0.1, -0.05) is 42.3 Å². The van der Waals surface area contributed by atoms with E-state index in [0.29, 0.717) is 6.61 Å². The van der Waals surface area contributed by atoms with E-state index in [1.807, 2.05) is 0 Å². The number of rotatable bonds is 8. The minimum Gasteiger partial charge on any atom is -0.307 e. The van der Waals surface area contributed by atoms with Crippen LogP contribution >= 0.6 is 24.1 Å². The van der Waals surface area contributed by atoms with Crippen LogP contribution in [0.3, 0.4) is 0 Å². The summed E-state index contributed by atoms with van der Waals surface area (Å²) in [6.07, 6.45) is 1.01. The fraction of sp³-hybridized carbons (Fsp3) is 0.333. The quantitative estimate of drug-likeness (QED) is 0.565. The van der Waals surface area contributed by atoms with Crippen molar-refractivity contribution in [2.45, 2.75) is 43.1 Å². The predicted molar refractivity (Wildman–Crippen MR) is 95.2 cm³/mol. The molecule has 0 aromatic heterocycles. The molecule has 0 heterocycles. The molecule has 0 aliphatic carbocycles. The maximum Gasteiger partial charge on any atom is 0.0970 e. The summed E-state index contributed by atoms with van der Waals surface area (Å²) in [5, 5.41) is 0. The molecular formula is C18H22O2S2. The fourth-order valence-corrected chi connectivity index (χ4v) is 2.99. The van der Waals surface area contributed by atoms with Crippen LogP contribution < -0.4 is 0 Å². The summed E-state index contributed by atoms with van der Waals surface area (Å²) in [7, 11) is 0. The average molecular weight is 335 g/mol. The number of benzene rings is 2. The van der Waals surface area contributed by atoms with Crippen LogP contribution in [0.2, 0.25) is 0 Å². The Hall–Kier alpha value is -0.940. The van der Waals surface area contributed by atoms with E-state index in [0.717, 1.165) is 16.2 Å². The summed E-state index contributed by atoms with van der Waals surface area (Å²) in [6, 6.07) is 16.7. The first-order valence-electron chi connectivity index (χ1n) is 7.43. The zero-order chi connectivity index (χ0) is 15.8. The number of hydrogen-bond acceptors (Lipinski definition) is 4.